The first-order chi connectivity index (χ1) is 9.92. The molecule has 2 aromatic carbocycles. The molecule has 0 saturated heterocycles. The first kappa shape index (κ1) is 16.0. The van der Waals surface area contributed by atoms with Gasteiger partial charge >= 0.3 is 0 Å². The van der Waals surface area contributed by atoms with Crippen LogP contribution in [0.4, 0.5) is 5.69 Å². The maximum absolute atomic E-state index is 12.4. The molecule has 0 bridgehead atoms. The van der Waals surface area contributed by atoms with Crippen LogP contribution < -0.4 is 10.0 Å². The Kier molecular flexibility index (Phi) is 5.03. The summed E-state index contributed by atoms with van der Waals surface area (Å²) >= 11 is 3.32. The van der Waals surface area contributed by atoms with E-state index in [4.69, 9.17) is 0 Å². The Morgan fingerprint density at radius 3 is 2.57 bits per heavy atom. The number of hydrogen-bond donors (Lipinski definition) is 2. The average molecular weight is 369 g/mol. The van der Waals surface area contributed by atoms with E-state index in [1.807, 2.05) is 26.1 Å². The van der Waals surface area contributed by atoms with E-state index >= 15 is 0 Å². The number of anilines is 1. The number of sulfonamides is 1. The SMILES string of the molecule is CNCc1cc(S(=O)(=O)Nc2cccc(Br)c2)ccc1C. The second kappa shape index (κ2) is 6.60. The van der Waals surface area contributed by atoms with Crippen LogP contribution >= 0.6 is 15.9 Å². The first-order valence-electron chi connectivity index (χ1n) is 6.45. The van der Waals surface area contributed by atoms with Crippen molar-refractivity contribution < 1.29 is 8.42 Å². The molecule has 21 heavy (non-hydrogen) atoms. The van der Waals surface area contributed by atoms with Crippen molar-refractivity contribution in [1.82, 2.24) is 5.32 Å². The molecule has 0 amide bonds. The highest BCUT2D eigenvalue weighted by Crippen LogP contribution is 2.21. The summed E-state index contributed by atoms with van der Waals surface area (Å²) in [6.45, 7) is 2.59. The van der Waals surface area contributed by atoms with Crippen LogP contribution in [0.25, 0.3) is 0 Å². The van der Waals surface area contributed by atoms with Crippen molar-refractivity contribution in [1.29, 1.82) is 0 Å². The van der Waals surface area contributed by atoms with Gasteiger partial charge in [-0.3, -0.25) is 4.72 Å². The van der Waals surface area contributed by atoms with Gasteiger partial charge in [0, 0.05) is 16.7 Å². The number of benzene rings is 2. The molecule has 0 radical (unpaired) electrons. The number of nitrogens with one attached hydrogen (secondary N) is 2. The molecule has 2 aromatic rings. The van der Waals surface area contributed by atoms with E-state index in [9.17, 15) is 8.42 Å². The van der Waals surface area contributed by atoms with E-state index in [0.717, 1.165) is 15.6 Å². The number of rotatable bonds is 5. The first-order valence-corrected chi connectivity index (χ1v) is 8.72. The van der Waals surface area contributed by atoms with Gasteiger partial charge in [-0.25, -0.2) is 8.42 Å². The van der Waals surface area contributed by atoms with E-state index < -0.39 is 10.0 Å². The molecule has 112 valence electrons. The van der Waals surface area contributed by atoms with E-state index in [2.05, 4.69) is 26.0 Å². The molecule has 0 spiro atoms. The zero-order valence-electron chi connectivity index (χ0n) is 11.9. The van der Waals surface area contributed by atoms with E-state index in [1.54, 1.807) is 30.3 Å². The summed E-state index contributed by atoms with van der Waals surface area (Å²) in [6, 6.07) is 12.2. The molecule has 0 aliphatic carbocycles. The van der Waals surface area contributed by atoms with Gasteiger partial charge in [0.1, 0.15) is 0 Å². The molecule has 6 heteroatoms. The zero-order valence-corrected chi connectivity index (χ0v) is 14.3. The van der Waals surface area contributed by atoms with Crippen molar-refractivity contribution in [2.24, 2.45) is 0 Å². The van der Waals surface area contributed by atoms with Gasteiger partial charge in [-0.15, -0.1) is 0 Å². The van der Waals surface area contributed by atoms with Crippen LogP contribution in [0.15, 0.2) is 51.8 Å². The van der Waals surface area contributed by atoms with Crippen molar-refractivity contribution in [3.63, 3.8) is 0 Å². The minimum atomic E-state index is -3.59. The van der Waals surface area contributed by atoms with Gasteiger partial charge in [0.25, 0.3) is 10.0 Å². The lowest BCUT2D eigenvalue weighted by atomic mass is 10.1. The quantitative estimate of drug-likeness (QED) is 0.851. The Balaban J connectivity index is 2.33. The summed E-state index contributed by atoms with van der Waals surface area (Å²) in [6.07, 6.45) is 0. The number of halogens is 1. The molecular formula is C15H17BrN2O2S. The maximum Gasteiger partial charge on any atom is 0.261 e. The zero-order chi connectivity index (χ0) is 15.5. The van der Waals surface area contributed by atoms with Crippen LogP contribution in [0.1, 0.15) is 11.1 Å². The highest BCUT2D eigenvalue weighted by atomic mass is 79.9. The Morgan fingerprint density at radius 1 is 1.14 bits per heavy atom. The third-order valence-corrected chi connectivity index (χ3v) is 4.95. The van der Waals surface area contributed by atoms with E-state index in [0.29, 0.717) is 12.2 Å². The summed E-state index contributed by atoms with van der Waals surface area (Å²) in [5.74, 6) is 0. The molecule has 0 fully saturated rings. The summed E-state index contributed by atoms with van der Waals surface area (Å²) in [7, 11) is -1.75. The van der Waals surface area contributed by atoms with Crippen molar-refractivity contribution in [2.45, 2.75) is 18.4 Å². The van der Waals surface area contributed by atoms with Gasteiger partial charge in [0.15, 0.2) is 0 Å². The van der Waals surface area contributed by atoms with Crippen molar-refractivity contribution in [3.8, 4) is 0 Å². The van der Waals surface area contributed by atoms with Gasteiger partial charge in [-0.2, -0.15) is 0 Å². The fourth-order valence-electron chi connectivity index (χ4n) is 1.96. The van der Waals surface area contributed by atoms with Crippen LogP contribution in [0.2, 0.25) is 0 Å². The normalized spacial score (nSPS) is 11.4. The van der Waals surface area contributed by atoms with Crippen LogP contribution in [-0.4, -0.2) is 15.5 Å². The standard InChI is InChI=1S/C15H17BrN2O2S/c1-11-6-7-15(8-12(11)10-17-2)21(19,20)18-14-5-3-4-13(16)9-14/h3-9,17-18H,10H2,1-2H3. The summed E-state index contributed by atoms with van der Waals surface area (Å²) in [5.41, 5.74) is 2.56. The predicted octanol–water partition coefficient (Wildman–Crippen LogP) is 3.28. The molecule has 0 atom stereocenters. The minimum Gasteiger partial charge on any atom is -0.316 e. The van der Waals surface area contributed by atoms with Crippen molar-refractivity contribution in [2.75, 3.05) is 11.8 Å². The van der Waals surface area contributed by atoms with E-state index in [-0.39, 0.29) is 4.90 Å². The molecule has 0 saturated carbocycles. The highest BCUT2D eigenvalue weighted by Gasteiger charge is 2.15. The number of hydrogen-bond acceptors (Lipinski definition) is 3. The molecule has 2 rings (SSSR count). The molecule has 2 N–H and O–H groups in total. The average Bonchev–Trinajstić information content (AvgIpc) is 2.41. The molecular weight excluding hydrogens is 352 g/mol. The van der Waals surface area contributed by atoms with Gasteiger partial charge in [0.2, 0.25) is 0 Å². The highest BCUT2D eigenvalue weighted by molar-refractivity contribution is 9.10. The topological polar surface area (TPSA) is 58.2 Å². The van der Waals surface area contributed by atoms with Gasteiger partial charge in [-0.1, -0.05) is 28.1 Å². The lowest BCUT2D eigenvalue weighted by molar-refractivity contribution is 0.601. The molecule has 0 unspecified atom stereocenters. The van der Waals surface area contributed by atoms with Crippen LogP contribution in [0, 0.1) is 6.92 Å². The van der Waals surface area contributed by atoms with Crippen molar-refractivity contribution >= 4 is 31.6 Å². The Hall–Kier alpha value is -1.37. The van der Waals surface area contributed by atoms with Crippen molar-refractivity contribution in [3.05, 3.63) is 58.1 Å². The summed E-state index contributed by atoms with van der Waals surface area (Å²) < 4.78 is 28.3. The molecule has 0 aromatic heterocycles. The second-order valence-corrected chi connectivity index (χ2v) is 7.33. The Labute approximate surface area is 133 Å². The Morgan fingerprint density at radius 2 is 1.90 bits per heavy atom. The third kappa shape index (κ3) is 4.06. The van der Waals surface area contributed by atoms with Gasteiger partial charge in [0.05, 0.1) is 4.90 Å². The summed E-state index contributed by atoms with van der Waals surface area (Å²) in [4.78, 5) is 0.262. The monoisotopic (exact) mass is 368 g/mol. The Bertz CT molecular complexity index is 745. The smallest absolute Gasteiger partial charge is 0.261 e. The lowest BCUT2D eigenvalue weighted by Crippen LogP contribution is -2.14. The fourth-order valence-corrected chi connectivity index (χ4v) is 3.46. The number of aryl methyl sites for hydroxylation is 1. The molecule has 0 aliphatic heterocycles. The lowest BCUT2D eigenvalue weighted by Gasteiger charge is -2.11. The molecule has 4 nitrogen and oxygen atoms in total. The van der Waals surface area contributed by atoms with E-state index in [1.165, 1.54) is 0 Å². The fraction of sp³-hybridized carbons (Fsp3) is 0.200. The van der Waals surface area contributed by atoms with Crippen LogP contribution in [-0.2, 0) is 16.6 Å². The van der Waals surface area contributed by atoms with Crippen LogP contribution in [0.3, 0.4) is 0 Å². The second-order valence-electron chi connectivity index (χ2n) is 4.73. The summed E-state index contributed by atoms with van der Waals surface area (Å²) in [5, 5.41) is 3.04. The van der Waals surface area contributed by atoms with Crippen LogP contribution in [0.5, 0.6) is 0 Å². The minimum absolute atomic E-state index is 0.262. The largest absolute Gasteiger partial charge is 0.316 e. The maximum atomic E-state index is 12.4. The van der Waals surface area contributed by atoms with Gasteiger partial charge in [-0.05, 0) is 55.4 Å². The predicted molar refractivity (Wildman–Crippen MR) is 88.9 cm³/mol. The molecule has 0 heterocycles. The third-order valence-electron chi connectivity index (χ3n) is 3.07. The molecule has 0 aliphatic rings. The van der Waals surface area contributed by atoms with Gasteiger partial charge < -0.3 is 5.32 Å².